The summed E-state index contributed by atoms with van der Waals surface area (Å²) in [6.07, 6.45) is 1.23. The van der Waals surface area contributed by atoms with Crippen molar-refractivity contribution in [2.75, 3.05) is 17.9 Å². The van der Waals surface area contributed by atoms with Crippen LogP contribution in [-0.4, -0.2) is 29.5 Å². The molecule has 0 aliphatic rings. The topological polar surface area (TPSA) is 111 Å². The highest BCUT2D eigenvalue weighted by molar-refractivity contribution is 6.30. The molecule has 2 aromatic carbocycles. The van der Waals surface area contributed by atoms with Crippen LogP contribution in [0.3, 0.4) is 0 Å². The normalized spacial score (nSPS) is 10.6. The Labute approximate surface area is 158 Å². The first-order valence-electron chi connectivity index (χ1n) is 7.64. The van der Waals surface area contributed by atoms with E-state index in [4.69, 9.17) is 21.3 Å². The zero-order valence-electron chi connectivity index (χ0n) is 14.0. The molecule has 3 rings (SSSR count). The van der Waals surface area contributed by atoms with Crippen LogP contribution in [0.2, 0.25) is 5.02 Å². The second-order valence-corrected chi connectivity index (χ2v) is 5.56. The number of amides is 1. The molecule has 10 heteroatoms. The number of nitrogens with zero attached hydrogens (tertiary/aromatic N) is 3. The number of aromatic nitrogens is 2. The summed E-state index contributed by atoms with van der Waals surface area (Å²) in [6.45, 7) is 0. The molecule has 1 aromatic heterocycles. The minimum Gasteiger partial charge on any atom is -0.497 e. The van der Waals surface area contributed by atoms with Gasteiger partial charge in [0, 0.05) is 10.6 Å². The average molecular weight is 388 g/mol. The Balaban J connectivity index is 1.60. The minimum atomic E-state index is -0.405. The van der Waals surface area contributed by atoms with Crippen molar-refractivity contribution in [1.29, 1.82) is 0 Å². The van der Waals surface area contributed by atoms with E-state index < -0.39 is 5.91 Å². The highest BCUT2D eigenvalue weighted by atomic mass is 35.5. The SMILES string of the molecule is COc1cccc(C(=O)Nc2nonc2/C=N/ONc2cccc(Cl)c2)c1. The van der Waals surface area contributed by atoms with E-state index in [0.29, 0.717) is 22.0 Å². The third-order valence-corrected chi connectivity index (χ3v) is 3.53. The molecule has 138 valence electrons. The van der Waals surface area contributed by atoms with Gasteiger partial charge in [0.2, 0.25) is 5.82 Å². The molecular weight excluding hydrogens is 374 g/mol. The van der Waals surface area contributed by atoms with Crippen LogP contribution in [0.25, 0.3) is 0 Å². The lowest BCUT2D eigenvalue weighted by molar-refractivity contribution is 0.102. The number of ether oxygens (including phenoxy) is 1. The number of methoxy groups -OCH3 is 1. The molecule has 0 aliphatic heterocycles. The molecule has 2 N–H and O–H groups in total. The van der Waals surface area contributed by atoms with Crippen LogP contribution in [0, 0.1) is 0 Å². The van der Waals surface area contributed by atoms with Crippen molar-refractivity contribution in [1.82, 2.24) is 10.3 Å². The van der Waals surface area contributed by atoms with Gasteiger partial charge in [-0.2, -0.15) is 5.48 Å². The van der Waals surface area contributed by atoms with Gasteiger partial charge >= 0.3 is 0 Å². The Bertz CT molecular complexity index is 960. The van der Waals surface area contributed by atoms with E-state index in [2.05, 4.69) is 30.9 Å². The van der Waals surface area contributed by atoms with Gasteiger partial charge in [0.25, 0.3) is 5.91 Å². The molecule has 0 saturated heterocycles. The molecule has 3 aromatic rings. The fourth-order valence-electron chi connectivity index (χ4n) is 2.02. The van der Waals surface area contributed by atoms with Crippen molar-refractivity contribution in [3.05, 3.63) is 64.8 Å². The van der Waals surface area contributed by atoms with Gasteiger partial charge in [-0.25, -0.2) is 4.63 Å². The van der Waals surface area contributed by atoms with Crippen LogP contribution >= 0.6 is 11.6 Å². The maximum Gasteiger partial charge on any atom is 0.257 e. The molecule has 0 unspecified atom stereocenters. The third-order valence-electron chi connectivity index (χ3n) is 3.29. The predicted molar refractivity (Wildman–Crippen MR) is 99.0 cm³/mol. The summed E-state index contributed by atoms with van der Waals surface area (Å²) in [5.41, 5.74) is 3.77. The van der Waals surface area contributed by atoms with Crippen molar-refractivity contribution in [3.8, 4) is 5.75 Å². The van der Waals surface area contributed by atoms with Crippen LogP contribution in [-0.2, 0) is 4.94 Å². The van der Waals surface area contributed by atoms with Gasteiger partial charge < -0.3 is 10.1 Å². The molecule has 0 aliphatic carbocycles. The lowest BCUT2D eigenvalue weighted by Crippen LogP contribution is -2.13. The Morgan fingerprint density at radius 2 is 2.07 bits per heavy atom. The first-order chi connectivity index (χ1) is 13.2. The first-order valence-corrected chi connectivity index (χ1v) is 8.02. The van der Waals surface area contributed by atoms with Crippen LogP contribution in [0.4, 0.5) is 11.5 Å². The van der Waals surface area contributed by atoms with Gasteiger partial charge in [-0.15, -0.1) is 0 Å². The third kappa shape index (κ3) is 4.95. The number of halogens is 1. The second-order valence-electron chi connectivity index (χ2n) is 5.12. The summed E-state index contributed by atoms with van der Waals surface area (Å²) < 4.78 is 9.73. The Morgan fingerprint density at radius 3 is 2.89 bits per heavy atom. The molecule has 0 fully saturated rings. The summed E-state index contributed by atoms with van der Waals surface area (Å²) in [6, 6.07) is 13.6. The van der Waals surface area contributed by atoms with Crippen LogP contribution in [0.5, 0.6) is 5.75 Å². The molecule has 27 heavy (non-hydrogen) atoms. The fourth-order valence-corrected chi connectivity index (χ4v) is 2.21. The number of anilines is 2. The summed E-state index contributed by atoms with van der Waals surface area (Å²) in [7, 11) is 1.52. The minimum absolute atomic E-state index is 0.0953. The van der Waals surface area contributed by atoms with Gasteiger partial charge in [0.05, 0.1) is 12.8 Å². The number of hydrogen-bond acceptors (Lipinski definition) is 8. The smallest absolute Gasteiger partial charge is 0.257 e. The lowest BCUT2D eigenvalue weighted by Gasteiger charge is -2.04. The van der Waals surface area contributed by atoms with Crippen molar-refractivity contribution in [2.45, 2.75) is 0 Å². The van der Waals surface area contributed by atoms with Crippen LogP contribution in [0.15, 0.2) is 58.3 Å². The molecule has 0 atom stereocenters. The number of hydrogen-bond donors (Lipinski definition) is 2. The zero-order valence-corrected chi connectivity index (χ0v) is 14.8. The molecule has 0 bridgehead atoms. The highest BCUT2D eigenvalue weighted by Crippen LogP contribution is 2.16. The molecule has 1 amide bonds. The lowest BCUT2D eigenvalue weighted by atomic mass is 10.2. The number of benzene rings is 2. The van der Waals surface area contributed by atoms with Crippen molar-refractivity contribution in [2.24, 2.45) is 5.16 Å². The van der Waals surface area contributed by atoms with Crippen molar-refractivity contribution >= 4 is 35.2 Å². The van der Waals surface area contributed by atoms with E-state index in [0.717, 1.165) is 0 Å². The number of carbonyl (C=O) groups is 1. The van der Waals surface area contributed by atoms with Crippen LogP contribution < -0.4 is 15.5 Å². The van der Waals surface area contributed by atoms with E-state index in [1.165, 1.54) is 13.3 Å². The summed E-state index contributed by atoms with van der Waals surface area (Å²) in [4.78, 5) is 17.2. The molecular formula is C17H14ClN5O4. The summed E-state index contributed by atoms with van der Waals surface area (Å²) >= 11 is 5.86. The van der Waals surface area contributed by atoms with Gasteiger partial charge in [-0.05, 0) is 46.7 Å². The van der Waals surface area contributed by atoms with Crippen molar-refractivity contribution < 1.29 is 19.1 Å². The Kier molecular flexibility index (Phi) is 5.85. The van der Waals surface area contributed by atoms with Crippen molar-refractivity contribution in [3.63, 3.8) is 0 Å². The summed E-state index contributed by atoms with van der Waals surface area (Å²) in [5, 5.41) is 14.1. The van der Waals surface area contributed by atoms with Crippen LogP contribution in [0.1, 0.15) is 16.1 Å². The number of carbonyl (C=O) groups excluding carboxylic acids is 1. The highest BCUT2D eigenvalue weighted by Gasteiger charge is 2.14. The monoisotopic (exact) mass is 387 g/mol. The fraction of sp³-hybridized carbons (Fsp3) is 0.0588. The van der Waals surface area contributed by atoms with Gasteiger partial charge in [-0.3, -0.25) is 9.73 Å². The molecule has 1 heterocycles. The van der Waals surface area contributed by atoms with Gasteiger partial charge in [0.15, 0.2) is 5.69 Å². The van der Waals surface area contributed by atoms with E-state index in [1.807, 2.05) is 0 Å². The van der Waals surface area contributed by atoms with E-state index >= 15 is 0 Å². The average Bonchev–Trinajstić information content (AvgIpc) is 3.12. The Morgan fingerprint density at radius 1 is 1.22 bits per heavy atom. The van der Waals surface area contributed by atoms with Gasteiger partial charge in [0.1, 0.15) is 12.0 Å². The quantitative estimate of drug-likeness (QED) is 0.472. The van der Waals surface area contributed by atoms with E-state index in [1.54, 1.807) is 48.5 Å². The maximum absolute atomic E-state index is 12.3. The van der Waals surface area contributed by atoms with Gasteiger partial charge in [-0.1, -0.05) is 28.9 Å². The maximum atomic E-state index is 12.3. The number of rotatable bonds is 7. The largest absolute Gasteiger partial charge is 0.497 e. The number of nitrogens with one attached hydrogen (secondary N) is 2. The molecule has 0 saturated carbocycles. The Hall–Kier alpha value is -3.59. The molecule has 0 spiro atoms. The second kappa shape index (κ2) is 8.68. The molecule has 0 radical (unpaired) electrons. The van der Waals surface area contributed by atoms with E-state index in [-0.39, 0.29) is 11.5 Å². The van der Waals surface area contributed by atoms with E-state index in [9.17, 15) is 4.79 Å². The predicted octanol–water partition coefficient (Wildman–Crippen LogP) is 3.36. The summed E-state index contributed by atoms with van der Waals surface area (Å²) in [5.74, 6) is 0.248. The number of oxime groups is 1. The molecule has 9 nitrogen and oxygen atoms in total. The first kappa shape index (κ1) is 18.2. The standard InChI is InChI=1S/C17H14ClN5O4/c1-25-14-7-2-4-11(8-14)17(24)20-16-15(22-27-23-16)10-19-26-21-13-6-3-5-12(18)9-13/h2-10,21H,1H3,(H,20,23,24)/b19-10+. The zero-order chi connectivity index (χ0) is 19.1.